The predicted octanol–water partition coefficient (Wildman–Crippen LogP) is 0.215. The maximum Gasteiger partial charge on any atom is 0.236 e. The third-order valence-corrected chi connectivity index (χ3v) is 1.85. The largest absolute Gasteiger partial charge is 0.354 e. The molecule has 84 valence electrons. The van der Waals surface area contributed by atoms with Crippen molar-refractivity contribution in [2.75, 3.05) is 13.1 Å². The number of nitrogens with one attached hydrogen (secondary N) is 1. The van der Waals surface area contributed by atoms with Gasteiger partial charge in [-0.1, -0.05) is 20.8 Å². The van der Waals surface area contributed by atoms with Crippen LogP contribution in [0.5, 0.6) is 0 Å². The van der Waals surface area contributed by atoms with E-state index in [2.05, 4.69) is 26.1 Å². The molecule has 0 spiro atoms. The van der Waals surface area contributed by atoms with Crippen molar-refractivity contribution in [2.24, 2.45) is 16.9 Å². The Hall–Kier alpha value is -0.610. The smallest absolute Gasteiger partial charge is 0.236 e. The lowest BCUT2D eigenvalue weighted by molar-refractivity contribution is -0.122. The Morgan fingerprint density at radius 2 is 2.00 bits per heavy atom. The van der Waals surface area contributed by atoms with Crippen molar-refractivity contribution >= 4 is 5.91 Å². The van der Waals surface area contributed by atoms with E-state index in [1.165, 1.54) is 0 Å². The highest BCUT2D eigenvalue weighted by Crippen LogP contribution is 2.10. The zero-order chi connectivity index (χ0) is 11.2. The van der Waals surface area contributed by atoms with Crippen molar-refractivity contribution in [1.29, 1.82) is 0 Å². The first kappa shape index (κ1) is 13.4. The first-order valence-electron chi connectivity index (χ1n) is 5.10. The molecule has 1 atom stereocenters. The van der Waals surface area contributed by atoms with Crippen LogP contribution < -0.4 is 16.8 Å². The van der Waals surface area contributed by atoms with E-state index in [0.717, 1.165) is 6.42 Å². The molecule has 0 rings (SSSR count). The van der Waals surface area contributed by atoms with Crippen molar-refractivity contribution in [2.45, 2.75) is 39.7 Å². The SMILES string of the molecule is CC(C)(C)CNC(=O)[C@@H](N)CCCN. The van der Waals surface area contributed by atoms with Gasteiger partial charge in [-0.05, 0) is 24.8 Å². The van der Waals surface area contributed by atoms with Gasteiger partial charge in [0.1, 0.15) is 0 Å². The van der Waals surface area contributed by atoms with Crippen molar-refractivity contribution < 1.29 is 4.79 Å². The summed E-state index contributed by atoms with van der Waals surface area (Å²) in [6.07, 6.45) is 1.45. The Morgan fingerprint density at radius 3 is 2.43 bits per heavy atom. The molecule has 0 aliphatic rings. The van der Waals surface area contributed by atoms with Gasteiger partial charge in [-0.3, -0.25) is 4.79 Å². The van der Waals surface area contributed by atoms with Gasteiger partial charge >= 0.3 is 0 Å². The van der Waals surface area contributed by atoms with Gasteiger partial charge in [-0.25, -0.2) is 0 Å². The van der Waals surface area contributed by atoms with E-state index in [4.69, 9.17) is 11.5 Å². The average molecular weight is 201 g/mol. The first-order chi connectivity index (χ1) is 6.37. The lowest BCUT2D eigenvalue weighted by Gasteiger charge is -2.20. The molecule has 5 N–H and O–H groups in total. The molecule has 0 radical (unpaired) electrons. The molecule has 0 unspecified atom stereocenters. The maximum atomic E-state index is 11.4. The van der Waals surface area contributed by atoms with Gasteiger partial charge in [0.05, 0.1) is 6.04 Å². The highest BCUT2D eigenvalue weighted by molar-refractivity contribution is 5.81. The molecule has 1 amide bonds. The van der Waals surface area contributed by atoms with Gasteiger partial charge in [-0.15, -0.1) is 0 Å². The van der Waals surface area contributed by atoms with E-state index < -0.39 is 6.04 Å². The van der Waals surface area contributed by atoms with Crippen LogP contribution in [0.1, 0.15) is 33.6 Å². The molecule has 0 aromatic rings. The third-order valence-electron chi connectivity index (χ3n) is 1.85. The molecule has 0 aliphatic heterocycles. The zero-order valence-electron chi connectivity index (χ0n) is 9.47. The summed E-state index contributed by atoms with van der Waals surface area (Å²) >= 11 is 0. The summed E-state index contributed by atoms with van der Waals surface area (Å²) in [5.74, 6) is -0.0756. The lowest BCUT2D eigenvalue weighted by atomic mass is 9.97. The standard InChI is InChI=1S/C10H23N3O/c1-10(2,3)7-13-9(14)8(12)5-4-6-11/h8H,4-7,11-12H2,1-3H3,(H,13,14)/t8-/m0/s1. The Kier molecular flexibility index (Phi) is 5.72. The van der Waals surface area contributed by atoms with Crippen molar-refractivity contribution in [3.63, 3.8) is 0 Å². The van der Waals surface area contributed by atoms with Gasteiger partial charge in [0, 0.05) is 6.54 Å². The van der Waals surface area contributed by atoms with Crippen LogP contribution in [-0.2, 0) is 4.79 Å². The number of amides is 1. The molecule has 0 saturated heterocycles. The van der Waals surface area contributed by atoms with Crippen LogP contribution in [0.2, 0.25) is 0 Å². The van der Waals surface area contributed by atoms with E-state index >= 15 is 0 Å². The van der Waals surface area contributed by atoms with Gasteiger partial charge in [0.2, 0.25) is 5.91 Å². The van der Waals surface area contributed by atoms with Gasteiger partial charge in [0.25, 0.3) is 0 Å². The number of nitrogens with two attached hydrogens (primary N) is 2. The molecule has 0 aliphatic carbocycles. The topological polar surface area (TPSA) is 81.1 Å². The number of rotatable bonds is 5. The highest BCUT2D eigenvalue weighted by Gasteiger charge is 2.16. The summed E-state index contributed by atoms with van der Waals surface area (Å²) in [6, 6.07) is -0.416. The number of carbonyl (C=O) groups excluding carboxylic acids is 1. The second-order valence-electron chi connectivity index (χ2n) is 4.82. The number of hydrogen-bond donors (Lipinski definition) is 3. The molecule has 0 saturated carbocycles. The zero-order valence-corrected chi connectivity index (χ0v) is 9.47. The van der Waals surface area contributed by atoms with Crippen LogP contribution in [-0.4, -0.2) is 25.0 Å². The molecule has 4 nitrogen and oxygen atoms in total. The second-order valence-corrected chi connectivity index (χ2v) is 4.82. The summed E-state index contributed by atoms with van der Waals surface area (Å²) in [5.41, 5.74) is 11.1. The minimum Gasteiger partial charge on any atom is -0.354 e. The van der Waals surface area contributed by atoms with Gasteiger partial charge < -0.3 is 16.8 Å². The van der Waals surface area contributed by atoms with Crippen LogP contribution in [0.25, 0.3) is 0 Å². The summed E-state index contributed by atoms with van der Waals surface area (Å²) in [7, 11) is 0. The average Bonchev–Trinajstić information content (AvgIpc) is 2.09. The van der Waals surface area contributed by atoms with Crippen molar-refractivity contribution in [3.8, 4) is 0 Å². The predicted molar refractivity (Wildman–Crippen MR) is 58.7 cm³/mol. The molecule has 4 heteroatoms. The molecule has 0 aromatic heterocycles. The Bertz CT molecular complexity index is 175. The second kappa shape index (κ2) is 5.98. The maximum absolute atomic E-state index is 11.4. The Labute approximate surface area is 86.4 Å². The normalized spacial score (nSPS) is 13.8. The third kappa shape index (κ3) is 6.86. The van der Waals surface area contributed by atoms with Gasteiger partial charge in [0.15, 0.2) is 0 Å². The molecular formula is C10H23N3O. The van der Waals surface area contributed by atoms with Crippen LogP contribution in [0.3, 0.4) is 0 Å². The molecular weight excluding hydrogens is 178 g/mol. The molecule has 14 heavy (non-hydrogen) atoms. The summed E-state index contributed by atoms with van der Waals surface area (Å²) in [5, 5.41) is 2.83. The number of hydrogen-bond acceptors (Lipinski definition) is 3. The monoisotopic (exact) mass is 201 g/mol. The Balaban J connectivity index is 3.73. The van der Waals surface area contributed by atoms with Crippen molar-refractivity contribution in [1.82, 2.24) is 5.32 Å². The minimum absolute atomic E-state index is 0.0756. The fourth-order valence-electron chi connectivity index (χ4n) is 0.952. The first-order valence-corrected chi connectivity index (χ1v) is 5.10. The van der Waals surface area contributed by atoms with Gasteiger partial charge in [-0.2, -0.15) is 0 Å². The van der Waals surface area contributed by atoms with E-state index in [1.54, 1.807) is 0 Å². The van der Waals surface area contributed by atoms with Crippen molar-refractivity contribution in [3.05, 3.63) is 0 Å². The Morgan fingerprint density at radius 1 is 1.43 bits per heavy atom. The van der Waals surface area contributed by atoms with E-state index in [0.29, 0.717) is 19.5 Å². The minimum atomic E-state index is -0.416. The van der Waals surface area contributed by atoms with Crippen LogP contribution in [0.4, 0.5) is 0 Å². The quantitative estimate of drug-likeness (QED) is 0.595. The van der Waals surface area contributed by atoms with E-state index in [9.17, 15) is 4.79 Å². The lowest BCUT2D eigenvalue weighted by Crippen LogP contribution is -2.43. The van der Waals surface area contributed by atoms with E-state index in [1.807, 2.05) is 0 Å². The number of carbonyl (C=O) groups is 1. The van der Waals surface area contributed by atoms with Crippen LogP contribution >= 0.6 is 0 Å². The molecule has 0 fully saturated rings. The summed E-state index contributed by atoms with van der Waals surface area (Å²) < 4.78 is 0. The van der Waals surface area contributed by atoms with Crippen LogP contribution in [0.15, 0.2) is 0 Å². The molecule has 0 aromatic carbocycles. The fraction of sp³-hybridized carbons (Fsp3) is 0.900. The van der Waals surface area contributed by atoms with E-state index in [-0.39, 0.29) is 11.3 Å². The summed E-state index contributed by atoms with van der Waals surface area (Å²) in [6.45, 7) is 7.44. The molecule has 0 heterocycles. The summed E-state index contributed by atoms with van der Waals surface area (Å²) in [4.78, 5) is 11.4. The fourth-order valence-corrected chi connectivity index (χ4v) is 0.952. The molecule has 0 bridgehead atoms. The highest BCUT2D eigenvalue weighted by atomic mass is 16.2. The van der Waals surface area contributed by atoms with Crippen LogP contribution in [0, 0.1) is 5.41 Å².